The zero-order valence-corrected chi connectivity index (χ0v) is 16.2. The molecule has 1 aliphatic heterocycles. The molecule has 1 N–H and O–H groups in total. The normalized spacial score (nSPS) is 13.7. The molecule has 0 unspecified atom stereocenters. The van der Waals surface area contributed by atoms with Gasteiger partial charge in [0.1, 0.15) is 5.75 Å². The lowest BCUT2D eigenvalue weighted by Crippen LogP contribution is -2.34. The summed E-state index contributed by atoms with van der Waals surface area (Å²) in [4.78, 5) is 12.1. The number of sulfonamides is 1. The van der Waals surface area contributed by atoms with E-state index in [9.17, 15) is 13.2 Å². The third-order valence-electron chi connectivity index (χ3n) is 4.40. The Morgan fingerprint density at radius 2 is 1.96 bits per heavy atom. The molecule has 0 bridgehead atoms. The SMILES string of the molecule is CS(=O)(=O)N1CCCc2cc(NC(=O)CCCOc3ccccc3)ccc21. The van der Waals surface area contributed by atoms with E-state index in [4.69, 9.17) is 4.74 Å². The summed E-state index contributed by atoms with van der Waals surface area (Å²) in [7, 11) is -3.28. The molecule has 1 aliphatic rings. The quantitative estimate of drug-likeness (QED) is 0.739. The molecule has 2 aromatic rings. The second-order valence-electron chi connectivity index (χ2n) is 6.60. The number of amides is 1. The van der Waals surface area contributed by atoms with Crippen molar-refractivity contribution in [2.45, 2.75) is 25.7 Å². The van der Waals surface area contributed by atoms with Gasteiger partial charge in [-0.05, 0) is 55.2 Å². The zero-order chi connectivity index (χ0) is 19.3. The second kappa shape index (κ2) is 8.43. The van der Waals surface area contributed by atoms with Gasteiger partial charge in [-0.2, -0.15) is 0 Å². The van der Waals surface area contributed by atoms with Crippen molar-refractivity contribution in [1.29, 1.82) is 0 Å². The van der Waals surface area contributed by atoms with Crippen LogP contribution < -0.4 is 14.4 Å². The van der Waals surface area contributed by atoms with Gasteiger partial charge in [0.2, 0.25) is 15.9 Å². The first-order chi connectivity index (χ1) is 12.9. The van der Waals surface area contributed by atoms with Gasteiger partial charge in [0, 0.05) is 18.7 Å². The Morgan fingerprint density at radius 3 is 2.70 bits per heavy atom. The fraction of sp³-hybridized carbons (Fsp3) is 0.350. The molecule has 0 aromatic heterocycles. The lowest BCUT2D eigenvalue weighted by Gasteiger charge is -2.29. The van der Waals surface area contributed by atoms with E-state index in [0.717, 1.165) is 24.2 Å². The summed E-state index contributed by atoms with van der Waals surface area (Å²) in [6.45, 7) is 0.976. The van der Waals surface area contributed by atoms with Gasteiger partial charge in [-0.25, -0.2) is 8.42 Å². The molecular weight excluding hydrogens is 364 g/mol. The maximum absolute atomic E-state index is 12.1. The molecule has 27 heavy (non-hydrogen) atoms. The number of carbonyl (C=O) groups is 1. The molecule has 0 fully saturated rings. The molecule has 0 aliphatic carbocycles. The lowest BCUT2D eigenvalue weighted by atomic mass is 10.0. The van der Waals surface area contributed by atoms with Crippen molar-refractivity contribution in [3.8, 4) is 5.75 Å². The van der Waals surface area contributed by atoms with Crippen LogP contribution in [0.4, 0.5) is 11.4 Å². The first-order valence-corrected chi connectivity index (χ1v) is 10.9. The zero-order valence-electron chi connectivity index (χ0n) is 15.3. The average molecular weight is 388 g/mol. The average Bonchev–Trinajstić information content (AvgIpc) is 2.64. The van der Waals surface area contributed by atoms with E-state index in [1.165, 1.54) is 10.6 Å². The highest BCUT2D eigenvalue weighted by Gasteiger charge is 2.24. The molecule has 2 aromatic carbocycles. The fourth-order valence-corrected chi connectivity index (χ4v) is 4.14. The minimum absolute atomic E-state index is 0.0811. The van der Waals surface area contributed by atoms with Gasteiger partial charge in [-0.3, -0.25) is 9.10 Å². The van der Waals surface area contributed by atoms with E-state index in [0.29, 0.717) is 37.4 Å². The van der Waals surface area contributed by atoms with Crippen LogP contribution in [0.3, 0.4) is 0 Å². The molecule has 0 spiro atoms. The fourth-order valence-electron chi connectivity index (χ4n) is 3.15. The van der Waals surface area contributed by atoms with Crippen molar-refractivity contribution < 1.29 is 17.9 Å². The van der Waals surface area contributed by atoms with E-state index in [1.54, 1.807) is 12.1 Å². The van der Waals surface area contributed by atoms with Crippen molar-refractivity contribution in [3.63, 3.8) is 0 Å². The van der Waals surface area contributed by atoms with Crippen LogP contribution in [0.15, 0.2) is 48.5 Å². The molecule has 144 valence electrons. The number of hydrogen-bond acceptors (Lipinski definition) is 4. The van der Waals surface area contributed by atoms with Gasteiger partial charge >= 0.3 is 0 Å². The molecule has 1 heterocycles. The Morgan fingerprint density at radius 1 is 1.19 bits per heavy atom. The third-order valence-corrected chi connectivity index (χ3v) is 5.58. The summed E-state index contributed by atoms with van der Waals surface area (Å²) >= 11 is 0. The van der Waals surface area contributed by atoms with E-state index >= 15 is 0 Å². The van der Waals surface area contributed by atoms with Gasteiger partial charge < -0.3 is 10.1 Å². The number of hydrogen-bond donors (Lipinski definition) is 1. The van der Waals surface area contributed by atoms with Crippen LogP contribution in [0.5, 0.6) is 5.75 Å². The minimum Gasteiger partial charge on any atom is -0.494 e. The molecule has 0 saturated carbocycles. The number of anilines is 2. The van der Waals surface area contributed by atoms with Crippen LogP contribution in [0, 0.1) is 0 Å². The van der Waals surface area contributed by atoms with Crippen LogP contribution in [0.1, 0.15) is 24.8 Å². The summed E-state index contributed by atoms with van der Waals surface area (Å²) < 4.78 is 30.8. The maximum Gasteiger partial charge on any atom is 0.232 e. The number of ether oxygens (including phenoxy) is 1. The van der Waals surface area contributed by atoms with Gasteiger partial charge in [0.05, 0.1) is 18.6 Å². The Balaban J connectivity index is 1.53. The number of benzene rings is 2. The van der Waals surface area contributed by atoms with E-state index in [-0.39, 0.29) is 5.91 Å². The van der Waals surface area contributed by atoms with Crippen molar-refractivity contribution in [2.24, 2.45) is 0 Å². The van der Waals surface area contributed by atoms with Gasteiger partial charge in [0.15, 0.2) is 0 Å². The summed E-state index contributed by atoms with van der Waals surface area (Å²) in [5.41, 5.74) is 2.34. The lowest BCUT2D eigenvalue weighted by molar-refractivity contribution is -0.116. The summed E-state index contributed by atoms with van der Waals surface area (Å²) in [5.74, 6) is 0.713. The number of rotatable bonds is 7. The topological polar surface area (TPSA) is 75.7 Å². The van der Waals surface area contributed by atoms with Crippen molar-refractivity contribution in [3.05, 3.63) is 54.1 Å². The monoisotopic (exact) mass is 388 g/mol. The third kappa shape index (κ3) is 5.23. The smallest absolute Gasteiger partial charge is 0.232 e. The molecule has 6 nitrogen and oxygen atoms in total. The maximum atomic E-state index is 12.1. The van der Waals surface area contributed by atoms with Crippen molar-refractivity contribution in [2.75, 3.05) is 29.0 Å². The van der Waals surface area contributed by atoms with Gasteiger partial charge in [-0.15, -0.1) is 0 Å². The van der Waals surface area contributed by atoms with Crippen LogP contribution >= 0.6 is 0 Å². The first kappa shape index (κ1) is 19.2. The van der Waals surface area contributed by atoms with Crippen LogP contribution in [-0.4, -0.2) is 33.7 Å². The van der Waals surface area contributed by atoms with E-state index < -0.39 is 10.0 Å². The molecule has 0 saturated heterocycles. The highest BCUT2D eigenvalue weighted by Crippen LogP contribution is 2.31. The number of nitrogens with zero attached hydrogens (tertiary/aromatic N) is 1. The first-order valence-electron chi connectivity index (χ1n) is 9.02. The highest BCUT2D eigenvalue weighted by molar-refractivity contribution is 7.92. The van der Waals surface area contributed by atoms with Crippen LogP contribution in [0.2, 0.25) is 0 Å². The standard InChI is InChI=1S/C20H24N2O4S/c1-27(24,25)22-13-5-7-16-15-17(11-12-19(16)22)21-20(23)10-6-14-26-18-8-3-2-4-9-18/h2-4,8-9,11-12,15H,5-7,10,13-14H2,1H3,(H,21,23). The highest BCUT2D eigenvalue weighted by atomic mass is 32.2. The molecule has 0 radical (unpaired) electrons. The largest absolute Gasteiger partial charge is 0.494 e. The van der Waals surface area contributed by atoms with Crippen LogP contribution in [-0.2, 0) is 21.2 Å². The Hall–Kier alpha value is -2.54. The number of aryl methyl sites for hydroxylation is 1. The summed E-state index contributed by atoms with van der Waals surface area (Å²) in [6.07, 6.45) is 3.77. The Bertz CT molecular complexity index is 897. The Kier molecular flexibility index (Phi) is 6.01. The summed E-state index contributed by atoms with van der Waals surface area (Å²) in [5, 5.41) is 2.88. The van der Waals surface area contributed by atoms with Crippen LogP contribution in [0.25, 0.3) is 0 Å². The van der Waals surface area contributed by atoms with Gasteiger partial charge in [-0.1, -0.05) is 18.2 Å². The number of para-hydroxylation sites is 1. The minimum atomic E-state index is -3.28. The van der Waals surface area contributed by atoms with E-state index in [1.807, 2.05) is 36.4 Å². The molecule has 3 rings (SSSR count). The number of carbonyl (C=O) groups excluding carboxylic acids is 1. The number of fused-ring (bicyclic) bond motifs is 1. The number of nitrogens with one attached hydrogen (secondary N) is 1. The Labute approximate surface area is 160 Å². The predicted octanol–water partition coefficient (Wildman–Crippen LogP) is 3.20. The summed E-state index contributed by atoms with van der Waals surface area (Å²) in [6, 6.07) is 14.9. The van der Waals surface area contributed by atoms with Crippen molar-refractivity contribution >= 4 is 27.3 Å². The predicted molar refractivity (Wildman–Crippen MR) is 107 cm³/mol. The molecular formula is C20H24N2O4S. The van der Waals surface area contributed by atoms with Gasteiger partial charge in [0.25, 0.3) is 0 Å². The molecule has 0 atom stereocenters. The molecule has 7 heteroatoms. The van der Waals surface area contributed by atoms with Crippen molar-refractivity contribution in [1.82, 2.24) is 0 Å². The second-order valence-corrected chi connectivity index (χ2v) is 8.50. The van der Waals surface area contributed by atoms with E-state index in [2.05, 4.69) is 5.32 Å². The molecule has 1 amide bonds.